The third-order valence-electron chi connectivity index (χ3n) is 0. The topological polar surface area (TPSA) is 0 Å². The Kier molecular flexibility index (Phi) is 170. The van der Waals surface area contributed by atoms with Gasteiger partial charge in [0.1, 0.15) is 0 Å². The zero-order valence-corrected chi connectivity index (χ0v) is 4.72. The van der Waals surface area contributed by atoms with Crippen LogP contribution in [0.2, 0.25) is 0 Å². The van der Waals surface area contributed by atoms with Crippen molar-refractivity contribution in [1.29, 1.82) is 0 Å². The van der Waals surface area contributed by atoms with E-state index in [9.17, 15) is 0 Å². The number of hydrogen-bond donors (Lipinski definition) is 0. The normalized spacial score (nSPS) is 0. The molecule has 3 radical (unpaired) electrons. The Labute approximate surface area is 77.8 Å². The Hall–Kier alpha value is 2.15. The molecule has 4 heavy (non-hydrogen) atoms. The molecular weight excluding hydrogens is 113 g/mol. The molecule has 0 unspecified atom stereocenters. The zero-order valence-electron chi connectivity index (χ0n) is 3.69. The molecule has 0 fully saturated rings. The molecule has 0 saturated carbocycles. The van der Waals surface area contributed by atoms with Gasteiger partial charge in [-0.1, -0.05) is 0 Å². The maximum atomic E-state index is 0. The van der Waals surface area contributed by atoms with Gasteiger partial charge in [0.2, 0.25) is 0 Å². The molecule has 0 rings (SSSR count). The van der Waals surface area contributed by atoms with Crippen LogP contribution in [-0.4, -0.2) is 63.5 Å². The molecule has 0 bridgehead atoms. The smallest absolute Gasteiger partial charge is 1.00 e. The molecule has 0 aliphatic carbocycles. The zero-order chi connectivity index (χ0) is 0. The van der Waals surface area contributed by atoms with E-state index in [1.54, 1.807) is 0 Å². The van der Waals surface area contributed by atoms with Crippen molar-refractivity contribution in [2.24, 2.45) is 0 Å². The van der Waals surface area contributed by atoms with Crippen molar-refractivity contribution in [3.05, 3.63) is 0 Å². The first-order valence-electron chi connectivity index (χ1n) is 0. The summed E-state index contributed by atoms with van der Waals surface area (Å²) in [7, 11) is 0. The van der Waals surface area contributed by atoms with Gasteiger partial charge in [-0.3, -0.25) is 0 Å². The summed E-state index contributed by atoms with van der Waals surface area (Å²) in [4.78, 5) is 0. The van der Waals surface area contributed by atoms with Gasteiger partial charge in [-0.25, -0.2) is 0 Å². The van der Waals surface area contributed by atoms with Crippen LogP contribution in [0.1, 0.15) is 2.85 Å². The molecule has 0 N–H and O–H groups in total. The average Bonchev–Trinajstić information content (AvgIpc) is 0. The molecule has 0 spiro atoms. The largest absolute Gasteiger partial charge is 2.00 e. The predicted octanol–water partition coefficient (Wildman–Crippen LogP) is -1.30. The van der Waals surface area contributed by atoms with E-state index in [1.807, 2.05) is 0 Å². The first kappa shape index (κ1) is 35.3. The fourth-order valence-corrected chi connectivity index (χ4v) is 0. The third kappa shape index (κ3) is 8.91. The number of hydrogen-bond acceptors (Lipinski definition) is 0. The number of rotatable bonds is 0. The van der Waals surface area contributed by atoms with Crippen molar-refractivity contribution in [1.82, 2.24) is 0 Å². The summed E-state index contributed by atoms with van der Waals surface area (Å²) in [5, 5.41) is 0. The van der Waals surface area contributed by atoms with E-state index in [4.69, 9.17) is 0 Å². The second kappa shape index (κ2) is 19.2. The first-order chi connectivity index (χ1) is 0. The molecule has 0 amide bonds. The van der Waals surface area contributed by atoms with Gasteiger partial charge in [0.15, 0.2) is 17.4 Å². The van der Waals surface area contributed by atoms with E-state index in [0.29, 0.717) is 0 Å². The first-order valence-corrected chi connectivity index (χ1v) is 0. The second-order valence-electron chi connectivity index (χ2n) is 0. The van der Waals surface area contributed by atoms with Crippen LogP contribution in [0, 0.1) is 0 Å². The molecule has 0 aromatic rings. The van der Waals surface area contributed by atoms with E-state index in [-0.39, 0.29) is 78.8 Å². The van der Waals surface area contributed by atoms with Gasteiger partial charge in [-0.05, 0) is 0 Å². The standard InChI is InChI=1S/Al.B.Ca.ClH.5H/h;;;1H;;;;;/q;;+2;;;;;2*-1. The SMILES string of the molecule is Cl.[AlH3].[B].[Ca+2].[H-].[H-]. The molecular formula is H6AlBCaCl. The van der Waals surface area contributed by atoms with Gasteiger partial charge in [-0.2, -0.15) is 0 Å². The fourth-order valence-electron chi connectivity index (χ4n) is 0. The summed E-state index contributed by atoms with van der Waals surface area (Å²) in [6, 6.07) is 0. The summed E-state index contributed by atoms with van der Waals surface area (Å²) < 4.78 is 0. The average molecular weight is 119 g/mol. The van der Waals surface area contributed by atoms with Crippen LogP contribution in [0.3, 0.4) is 0 Å². The summed E-state index contributed by atoms with van der Waals surface area (Å²) >= 11 is 0. The van der Waals surface area contributed by atoms with Crippen LogP contribution in [0.25, 0.3) is 0 Å². The maximum Gasteiger partial charge on any atom is 2.00 e. The monoisotopic (exact) mass is 119 g/mol. The van der Waals surface area contributed by atoms with Crippen molar-refractivity contribution >= 4 is 75.9 Å². The van der Waals surface area contributed by atoms with Crippen molar-refractivity contribution in [2.45, 2.75) is 0 Å². The van der Waals surface area contributed by atoms with Crippen LogP contribution in [0.15, 0.2) is 0 Å². The molecule has 21 valence electrons. The molecule has 4 heteroatoms. The predicted molar refractivity (Wildman–Crippen MR) is 30.9 cm³/mol. The van der Waals surface area contributed by atoms with Crippen LogP contribution < -0.4 is 0 Å². The van der Waals surface area contributed by atoms with E-state index in [0.717, 1.165) is 0 Å². The summed E-state index contributed by atoms with van der Waals surface area (Å²) in [6.45, 7) is 0. The molecule has 0 atom stereocenters. The third-order valence-corrected chi connectivity index (χ3v) is 0. The Bertz CT molecular complexity index is 13.5. The summed E-state index contributed by atoms with van der Waals surface area (Å²) in [5.41, 5.74) is 0. The Morgan fingerprint density at radius 2 is 1.25 bits per heavy atom. The van der Waals surface area contributed by atoms with Gasteiger partial charge in [-0.15, -0.1) is 12.4 Å². The quantitative estimate of drug-likeness (QED) is 0.348. The van der Waals surface area contributed by atoms with Crippen LogP contribution in [0.4, 0.5) is 0 Å². The van der Waals surface area contributed by atoms with Crippen LogP contribution >= 0.6 is 12.4 Å². The molecule has 0 saturated heterocycles. The van der Waals surface area contributed by atoms with Crippen molar-refractivity contribution < 1.29 is 2.85 Å². The molecule has 0 heterocycles. The fraction of sp³-hybridized carbons (Fsp3) is 0. The van der Waals surface area contributed by atoms with Gasteiger partial charge in [0.25, 0.3) is 0 Å². The van der Waals surface area contributed by atoms with Crippen molar-refractivity contribution in [2.75, 3.05) is 0 Å². The van der Waals surface area contributed by atoms with E-state index in [1.165, 1.54) is 0 Å². The van der Waals surface area contributed by atoms with Gasteiger partial charge in [0, 0.05) is 8.41 Å². The molecule has 0 nitrogen and oxygen atoms in total. The molecule has 0 aromatic carbocycles. The Balaban J connectivity index is 0. The molecule has 0 aliphatic rings. The van der Waals surface area contributed by atoms with E-state index >= 15 is 0 Å². The Morgan fingerprint density at radius 3 is 1.25 bits per heavy atom. The van der Waals surface area contributed by atoms with Crippen LogP contribution in [-0.2, 0) is 0 Å². The Morgan fingerprint density at radius 1 is 1.25 bits per heavy atom. The van der Waals surface area contributed by atoms with Gasteiger partial charge in [0.05, 0.1) is 0 Å². The van der Waals surface area contributed by atoms with Crippen molar-refractivity contribution in [3.63, 3.8) is 0 Å². The second-order valence-corrected chi connectivity index (χ2v) is 0. The number of halogens is 1. The van der Waals surface area contributed by atoms with Gasteiger partial charge >= 0.3 is 37.7 Å². The molecule has 0 aliphatic heterocycles. The maximum absolute atomic E-state index is 0. The molecule has 0 aromatic heterocycles. The van der Waals surface area contributed by atoms with E-state index in [2.05, 4.69) is 0 Å². The van der Waals surface area contributed by atoms with Crippen LogP contribution in [0.5, 0.6) is 0 Å². The van der Waals surface area contributed by atoms with E-state index < -0.39 is 0 Å². The van der Waals surface area contributed by atoms with Crippen molar-refractivity contribution in [3.8, 4) is 0 Å². The summed E-state index contributed by atoms with van der Waals surface area (Å²) in [6.07, 6.45) is 0. The minimum Gasteiger partial charge on any atom is -1.00 e. The summed E-state index contributed by atoms with van der Waals surface area (Å²) in [5.74, 6) is 0. The minimum atomic E-state index is 0. The minimum absolute atomic E-state index is 0. The van der Waals surface area contributed by atoms with Gasteiger partial charge < -0.3 is 2.85 Å².